The molecule has 0 aliphatic carbocycles. The van der Waals surface area contributed by atoms with E-state index in [2.05, 4.69) is 17.2 Å². The Morgan fingerprint density at radius 2 is 1.97 bits per heavy atom. The van der Waals surface area contributed by atoms with Gasteiger partial charge in [-0.25, -0.2) is 13.4 Å². The smallest absolute Gasteiger partial charge is 0.244 e. The van der Waals surface area contributed by atoms with E-state index in [0.29, 0.717) is 41.2 Å². The second kappa shape index (κ2) is 10.6. The van der Waals surface area contributed by atoms with Crippen LogP contribution in [0.3, 0.4) is 0 Å². The van der Waals surface area contributed by atoms with Gasteiger partial charge in [0.05, 0.1) is 16.5 Å². The van der Waals surface area contributed by atoms with Crippen molar-refractivity contribution >= 4 is 50.4 Å². The Bertz CT molecular complexity index is 1610. The van der Waals surface area contributed by atoms with Gasteiger partial charge in [-0.3, -0.25) is 4.79 Å². The van der Waals surface area contributed by atoms with Crippen molar-refractivity contribution < 1.29 is 17.6 Å². The van der Waals surface area contributed by atoms with Crippen molar-refractivity contribution in [1.29, 1.82) is 0 Å². The summed E-state index contributed by atoms with van der Waals surface area (Å²) in [4.78, 5) is 16.5. The lowest BCUT2D eigenvalue weighted by atomic mass is 10.0. The molecule has 38 heavy (non-hydrogen) atoms. The summed E-state index contributed by atoms with van der Waals surface area (Å²) in [5, 5.41) is 3.99. The first-order chi connectivity index (χ1) is 18.2. The number of aromatic nitrogens is 1. The fourth-order valence-corrected chi connectivity index (χ4v) is 6.26. The number of nitrogens with one attached hydrogen (secondary N) is 1. The molecular formula is C28H27ClN4O4S. The molecule has 2 aromatic carbocycles. The first-order valence-electron chi connectivity index (χ1n) is 12.2. The maximum Gasteiger partial charge on any atom is 0.244 e. The van der Waals surface area contributed by atoms with Gasteiger partial charge in [-0.2, -0.15) is 4.31 Å². The van der Waals surface area contributed by atoms with E-state index in [1.54, 1.807) is 59.0 Å². The van der Waals surface area contributed by atoms with Crippen LogP contribution < -0.4 is 11.1 Å². The van der Waals surface area contributed by atoms with Crippen molar-refractivity contribution in [2.24, 2.45) is 5.92 Å². The molecule has 0 bridgehead atoms. The number of furan rings is 1. The molecule has 8 nitrogen and oxygen atoms in total. The third-order valence-corrected chi connectivity index (χ3v) is 8.67. The number of nitrogens with two attached hydrogens (primary N) is 1. The van der Waals surface area contributed by atoms with E-state index in [1.807, 2.05) is 12.1 Å². The minimum absolute atomic E-state index is 0.186. The molecule has 3 heterocycles. The van der Waals surface area contributed by atoms with Gasteiger partial charge in [0, 0.05) is 30.7 Å². The SMILES string of the molecule is CC1CCN(S(=O)(=O)c2ccc(-c3cc(Cl)c4oc(CNC(=O)C=Cc5ccc(N)nc5)cc4c3)cc2)C1. The fourth-order valence-electron chi connectivity index (χ4n) is 4.42. The normalized spacial score (nSPS) is 16.4. The number of amides is 1. The van der Waals surface area contributed by atoms with Crippen LogP contribution in [-0.2, 0) is 21.4 Å². The molecule has 2 aromatic heterocycles. The molecule has 0 spiro atoms. The van der Waals surface area contributed by atoms with Crippen molar-refractivity contribution in [2.75, 3.05) is 18.8 Å². The van der Waals surface area contributed by atoms with Gasteiger partial charge in [0.1, 0.15) is 11.6 Å². The third kappa shape index (κ3) is 5.60. The molecule has 1 saturated heterocycles. The predicted molar refractivity (Wildman–Crippen MR) is 149 cm³/mol. The monoisotopic (exact) mass is 550 g/mol. The van der Waals surface area contributed by atoms with Crippen LogP contribution in [0, 0.1) is 5.92 Å². The fraction of sp³-hybridized carbons (Fsp3) is 0.214. The molecular weight excluding hydrogens is 524 g/mol. The average molecular weight is 551 g/mol. The van der Waals surface area contributed by atoms with Crippen LogP contribution in [-0.4, -0.2) is 36.7 Å². The van der Waals surface area contributed by atoms with Crippen molar-refractivity contribution in [3.8, 4) is 11.1 Å². The maximum absolute atomic E-state index is 12.9. The highest BCUT2D eigenvalue weighted by Gasteiger charge is 2.30. The maximum atomic E-state index is 12.9. The molecule has 1 fully saturated rings. The lowest BCUT2D eigenvalue weighted by Gasteiger charge is -2.16. The van der Waals surface area contributed by atoms with E-state index in [9.17, 15) is 13.2 Å². The summed E-state index contributed by atoms with van der Waals surface area (Å²) in [5.41, 5.74) is 8.51. The van der Waals surface area contributed by atoms with E-state index < -0.39 is 10.0 Å². The van der Waals surface area contributed by atoms with Gasteiger partial charge in [-0.05, 0) is 77.6 Å². The third-order valence-electron chi connectivity index (χ3n) is 6.51. The number of carbonyl (C=O) groups is 1. The van der Waals surface area contributed by atoms with E-state index in [-0.39, 0.29) is 17.3 Å². The molecule has 5 rings (SSSR count). The standard InChI is InChI=1S/C28H27ClN4O4S/c1-18-10-11-33(17-18)38(35,36)24-6-4-20(5-7-24)21-12-22-13-23(37-28(22)25(29)14-21)16-32-27(34)9-3-19-2-8-26(30)31-15-19/h2-9,12-15,18H,10-11,16-17H2,1H3,(H2,30,31)(H,32,34). The number of nitrogen functional groups attached to an aromatic ring is 1. The van der Waals surface area contributed by atoms with Gasteiger partial charge in [-0.1, -0.05) is 30.7 Å². The van der Waals surface area contributed by atoms with E-state index >= 15 is 0 Å². The molecule has 0 saturated carbocycles. The van der Waals surface area contributed by atoms with Crippen molar-refractivity contribution in [3.05, 3.63) is 83.2 Å². The summed E-state index contributed by atoms with van der Waals surface area (Å²) in [5.74, 6) is 1.05. The summed E-state index contributed by atoms with van der Waals surface area (Å²) < 4.78 is 33.3. The number of sulfonamides is 1. The van der Waals surface area contributed by atoms with E-state index in [0.717, 1.165) is 28.5 Å². The van der Waals surface area contributed by atoms with Gasteiger partial charge < -0.3 is 15.5 Å². The number of halogens is 1. The highest BCUT2D eigenvalue weighted by Crippen LogP contribution is 2.34. The van der Waals surface area contributed by atoms with E-state index in [1.165, 1.54) is 6.08 Å². The van der Waals surface area contributed by atoms with Gasteiger partial charge in [0.15, 0.2) is 5.58 Å². The lowest BCUT2D eigenvalue weighted by molar-refractivity contribution is -0.116. The second-order valence-electron chi connectivity index (χ2n) is 9.44. The number of benzene rings is 2. The minimum atomic E-state index is -3.50. The predicted octanol–water partition coefficient (Wildman–Crippen LogP) is 5.09. The zero-order valence-corrected chi connectivity index (χ0v) is 22.3. The molecule has 3 N–H and O–H groups in total. The number of pyridine rings is 1. The number of hydrogen-bond donors (Lipinski definition) is 2. The molecule has 1 amide bonds. The average Bonchev–Trinajstić information content (AvgIpc) is 3.54. The zero-order valence-electron chi connectivity index (χ0n) is 20.7. The first-order valence-corrected chi connectivity index (χ1v) is 14.0. The van der Waals surface area contributed by atoms with Crippen LogP contribution in [0.25, 0.3) is 28.2 Å². The largest absolute Gasteiger partial charge is 0.458 e. The highest BCUT2D eigenvalue weighted by molar-refractivity contribution is 7.89. The molecule has 1 unspecified atom stereocenters. The molecule has 4 aromatic rings. The summed E-state index contributed by atoms with van der Waals surface area (Å²) in [6, 6.07) is 15.8. The van der Waals surface area contributed by atoms with Gasteiger partial charge in [-0.15, -0.1) is 0 Å². The number of rotatable bonds is 7. The first kappa shape index (κ1) is 26.0. The van der Waals surface area contributed by atoms with Gasteiger partial charge in [0.25, 0.3) is 0 Å². The second-order valence-corrected chi connectivity index (χ2v) is 11.8. The van der Waals surface area contributed by atoms with E-state index in [4.69, 9.17) is 21.8 Å². The van der Waals surface area contributed by atoms with Crippen LogP contribution in [0.4, 0.5) is 5.82 Å². The van der Waals surface area contributed by atoms with Crippen LogP contribution in [0.2, 0.25) is 5.02 Å². The number of anilines is 1. The Morgan fingerprint density at radius 3 is 2.66 bits per heavy atom. The molecule has 1 aliphatic heterocycles. The highest BCUT2D eigenvalue weighted by atomic mass is 35.5. The summed E-state index contributed by atoms with van der Waals surface area (Å²) in [6.07, 6.45) is 5.52. The summed E-state index contributed by atoms with van der Waals surface area (Å²) in [7, 11) is -3.50. The summed E-state index contributed by atoms with van der Waals surface area (Å²) >= 11 is 6.51. The molecule has 1 aliphatic rings. The Kier molecular flexibility index (Phi) is 7.25. The number of carbonyl (C=O) groups excluding carboxylic acids is 1. The quantitative estimate of drug-likeness (QED) is 0.309. The zero-order chi connectivity index (χ0) is 26.9. The minimum Gasteiger partial charge on any atom is -0.458 e. The van der Waals surface area contributed by atoms with Crippen LogP contribution in [0.1, 0.15) is 24.7 Å². The Morgan fingerprint density at radius 1 is 1.18 bits per heavy atom. The molecule has 0 radical (unpaired) electrons. The van der Waals surface area contributed by atoms with Crippen LogP contribution in [0.15, 0.2) is 76.2 Å². The van der Waals surface area contributed by atoms with Gasteiger partial charge >= 0.3 is 0 Å². The molecule has 1 atom stereocenters. The van der Waals surface area contributed by atoms with Crippen molar-refractivity contribution in [2.45, 2.75) is 24.8 Å². The lowest BCUT2D eigenvalue weighted by Crippen LogP contribution is -2.28. The Balaban J connectivity index is 1.28. The number of nitrogens with zero attached hydrogens (tertiary/aromatic N) is 2. The van der Waals surface area contributed by atoms with Crippen molar-refractivity contribution in [1.82, 2.24) is 14.6 Å². The van der Waals surface area contributed by atoms with Crippen LogP contribution >= 0.6 is 11.6 Å². The number of fused-ring (bicyclic) bond motifs is 1. The van der Waals surface area contributed by atoms with Crippen LogP contribution in [0.5, 0.6) is 0 Å². The Labute approximate surface area is 226 Å². The topological polar surface area (TPSA) is 119 Å². The summed E-state index contributed by atoms with van der Waals surface area (Å²) in [6.45, 7) is 3.35. The van der Waals surface area contributed by atoms with Crippen molar-refractivity contribution in [3.63, 3.8) is 0 Å². The molecule has 10 heteroatoms. The molecule has 196 valence electrons. The number of hydrogen-bond acceptors (Lipinski definition) is 6. The van der Waals surface area contributed by atoms with Gasteiger partial charge in [0.2, 0.25) is 15.9 Å². The Hall–Kier alpha value is -3.66.